The van der Waals surface area contributed by atoms with Crippen LogP contribution in [0.5, 0.6) is 0 Å². The Morgan fingerprint density at radius 3 is 2.42 bits per heavy atom. The van der Waals surface area contributed by atoms with Crippen LogP contribution >= 0.6 is 0 Å². The van der Waals surface area contributed by atoms with Crippen molar-refractivity contribution in [1.29, 1.82) is 0 Å². The highest BCUT2D eigenvalue weighted by Gasteiger charge is 2.07. The highest BCUT2D eigenvalue weighted by Crippen LogP contribution is 2.26. The number of benzene rings is 2. The van der Waals surface area contributed by atoms with E-state index in [4.69, 9.17) is 0 Å². The Labute approximate surface area is 153 Å². The number of aliphatic hydroxyl groups excluding tert-OH is 1. The predicted molar refractivity (Wildman–Crippen MR) is 108 cm³/mol. The molecule has 3 aromatic rings. The Bertz CT molecular complexity index is 868. The van der Waals surface area contributed by atoms with E-state index in [1.807, 2.05) is 45.3 Å². The van der Waals surface area contributed by atoms with Gasteiger partial charge in [0, 0.05) is 37.2 Å². The number of H-pyrrole nitrogens is 1. The Balaban J connectivity index is 1.74. The average molecular weight is 351 g/mol. The molecular formula is C20H25N5O. The average Bonchev–Trinajstić information content (AvgIpc) is 3.05. The molecule has 136 valence electrons. The smallest absolute Gasteiger partial charge is 0.152 e. The number of rotatable bonds is 6. The van der Waals surface area contributed by atoms with Gasteiger partial charge in [-0.25, -0.2) is 0 Å². The summed E-state index contributed by atoms with van der Waals surface area (Å²) in [5.74, 6) is 0.760. The van der Waals surface area contributed by atoms with Crippen LogP contribution in [0.25, 0.3) is 11.3 Å². The molecule has 0 aliphatic heterocycles. The summed E-state index contributed by atoms with van der Waals surface area (Å²) < 4.78 is 0. The number of aromatic nitrogens is 2. The molecule has 0 aliphatic carbocycles. The van der Waals surface area contributed by atoms with Gasteiger partial charge in [0.05, 0.1) is 5.69 Å². The molecule has 3 rings (SSSR count). The molecule has 0 fully saturated rings. The molecule has 6 heteroatoms. The second kappa shape index (κ2) is 7.49. The first-order chi connectivity index (χ1) is 12.4. The van der Waals surface area contributed by atoms with E-state index in [9.17, 15) is 5.11 Å². The summed E-state index contributed by atoms with van der Waals surface area (Å²) in [4.78, 5) is 2.07. The second-order valence-corrected chi connectivity index (χ2v) is 6.58. The van der Waals surface area contributed by atoms with Crippen molar-refractivity contribution in [3.8, 4) is 11.3 Å². The summed E-state index contributed by atoms with van der Waals surface area (Å²) in [7, 11) is 4.05. The maximum absolute atomic E-state index is 9.42. The monoisotopic (exact) mass is 351 g/mol. The maximum atomic E-state index is 9.42. The van der Waals surface area contributed by atoms with E-state index in [1.165, 1.54) is 0 Å². The van der Waals surface area contributed by atoms with Crippen LogP contribution in [0.4, 0.5) is 22.9 Å². The minimum atomic E-state index is -0.582. The van der Waals surface area contributed by atoms with Crippen LogP contribution in [-0.4, -0.2) is 35.6 Å². The number of hydrogen-bond acceptors (Lipinski definition) is 5. The third-order valence-corrected chi connectivity index (χ3v) is 4.14. The van der Waals surface area contributed by atoms with Gasteiger partial charge < -0.3 is 20.6 Å². The van der Waals surface area contributed by atoms with E-state index >= 15 is 0 Å². The highest BCUT2D eigenvalue weighted by molar-refractivity contribution is 5.70. The molecule has 0 spiro atoms. The fourth-order valence-corrected chi connectivity index (χ4v) is 2.75. The Morgan fingerprint density at radius 1 is 1.08 bits per heavy atom. The van der Waals surface area contributed by atoms with Crippen molar-refractivity contribution in [3.05, 3.63) is 54.1 Å². The van der Waals surface area contributed by atoms with Crippen molar-refractivity contribution in [2.75, 3.05) is 29.6 Å². The first-order valence-electron chi connectivity index (χ1n) is 8.58. The number of hydrogen-bond donors (Lipinski definition) is 4. The molecule has 6 nitrogen and oxygen atoms in total. The normalized spacial score (nSPS) is 11.9. The molecule has 0 saturated heterocycles. The van der Waals surface area contributed by atoms with Gasteiger partial charge in [-0.15, -0.1) is 0 Å². The Morgan fingerprint density at radius 2 is 1.81 bits per heavy atom. The quantitative estimate of drug-likeness (QED) is 0.506. The van der Waals surface area contributed by atoms with Gasteiger partial charge in [-0.2, -0.15) is 5.10 Å². The fraction of sp³-hybridized carbons (Fsp3) is 0.250. The van der Waals surface area contributed by atoms with Gasteiger partial charge in [-0.1, -0.05) is 12.1 Å². The number of anilines is 4. The lowest BCUT2D eigenvalue weighted by Gasteiger charge is -2.12. The second-order valence-electron chi connectivity index (χ2n) is 6.58. The summed E-state index contributed by atoms with van der Waals surface area (Å²) in [5.41, 5.74) is 6.13. The summed E-state index contributed by atoms with van der Waals surface area (Å²) in [6.07, 6.45) is -0.582. The largest absolute Gasteiger partial charge is 0.378 e. The van der Waals surface area contributed by atoms with Gasteiger partial charge >= 0.3 is 0 Å². The minimum absolute atomic E-state index is 0.582. The molecule has 1 atom stereocenters. The van der Waals surface area contributed by atoms with E-state index in [2.05, 4.69) is 50.0 Å². The van der Waals surface area contributed by atoms with E-state index in [-0.39, 0.29) is 0 Å². The molecule has 26 heavy (non-hydrogen) atoms. The zero-order valence-electron chi connectivity index (χ0n) is 15.5. The van der Waals surface area contributed by atoms with Crippen LogP contribution < -0.4 is 15.5 Å². The standard InChI is InChI=1S/C20H25N5O/c1-13-11-16(21-14(2)26)7-10-18(13)22-20-12-19(23-24-20)15-5-8-17(9-6-15)25(3)4/h5-12,14,21,26H,1-4H3,(H2,22,23,24). The van der Waals surface area contributed by atoms with Crippen LogP contribution in [0.1, 0.15) is 12.5 Å². The van der Waals surface area contributed by atoms with E-state index < -0.39 is 6.23 Å². The highest BCUT2D eigenvalue weighted by atomic mass is 16.3. The van der Waals surface area contributed by atoms with Crippen molar-refractivity contribution in [1.82, 2.24) is 10.2 Å². The minimum Gasteiger partial charge on any atom is -0.378 e. The van der Waals surface area contributed by atoms with Crippen LogP contribution in [0.2, 0.25) is 0 Å². The predicted octanol–water partition coefficient (Wildman–Crippen LogP) is 3.94. The van der Waals surface area contributed by atoms with E-state index in [0.717, 1.165) is 39.7 Å². The molecular weight excluding hydrogens is 326 g/mol. The first-order valence-corrected chi connectivity index (χ1v) is 8.58. The molecule has 0 amide bonds. The van der Waals surface area contributed by atoms with Crippen molar-refractivity contribution in [3.63, 3.8) is 0 Å². The van der Waals surface area contributed by atoms with Gasteiger partial charge in [0.25, 0.3) is 0 Å². The van der Waals surface area contributed by atoms with Crippen molar-refractivity contribution < 1.29 is 5.11 Å². The lowest BCUT2D eigenvalue weighted by Crippen LogP contribution is -2.13. The lowest BCUT2D eigenvalue weighted by atomic mass is 10.1. The molecule has 0 aliphatic rings. The third kappa shape index (κ3) is 4.15. The number of aliphatic hydroxyl groups is 1. The van der Waals surface area contributed by atoms with Crippen molar-refractivity contribution in [2.24, 2.45) is 0 Å². The molecule has 4 N–H and O–H groups in total. The van der Waals surface area contributed by atoms with Gasteiger partial charge in [0.15, 0.2) is 5.82 Å². The molecule has 0 radical (unpaired) electrons. The number of aromatic amines is 1. The van der Waals surface area contributed by atoms with Gasteiger partial charge in [0.1, 0.15) is 6.23 Å². The van der Waals surface area contributed by atoms with Crippen LogP contribution in [0, 0.1) is 6.92 Å². The molecule has 0 saturated carbocycles. The van der Waals surface area contributed by atoms with Gasteiger partial charge in [-0.3, -0.25) is 5.10 Å². The summed E-state index contributed by atoms with van der Waals surface area (Å²) in [6.45, 7) is 3.71. The zero-order chi connectivity index (χ0) is 18.7. The SMILES string of the molecule is Cc1cc(NC(C)O)ccc1Nc1cc(-c2ccc(N(C)C)cc2)[nH]n1. The number of aryl methyl sites for hydroxylation is 1. The lowest BCUT2D eigenvalue weighted by molar-refractivity contribution is 0.224. The number of nitrogens with zero attached hydrogens (tertiary/aromatic N) is 2. The molecule has 0 bridgehead atoms. The van der Waals surface area contributed by atoms with Crippen LogP contribution in [0.3, 0.4) is 0 Å². The van der Waals surface area contributed by atoms with Gasteiger partial charge in [-0.05, 0) is 55.3 Å². The first kappa shape index (κ1) is 17.8. The summed E-state index contributed by atoms with van der Waals surface area (Å²) >= 11 is 0. The van der Waals surface area contributed by atoms with E-state index in [0.29, 0.717) is 0 Å². The Hall–Kier alpha value is -2.99. The summed E-state index contributed by atoms with van der Waals surface area (Å²) in [5, 5.41) is 23.2. The van der Waals surface area contributed by atoms with Crippen molar-refractivity contribution >= 4 is 22.9 Å². The maximum Gasteiger partial charge on any atom is 0.152 e. The molecule has 1 heterocycles. The van der Waals surface area contributed by atoms with Crippen LogP contribution in [0.15, 0.2) is 48.5 Å². The topological polar surface area (TPSA) is 76.2 Å². The zero-order valence-corrected chi connectivity index (χ0v) is 15.5. The van der Waals surface area contributed by atoms with Crippen LogP contribution in [-0.2, 0) is 0 Å². The number of nitrogens with one attached hydrogen (secondary N) is 3. The third-order valence-electron chi connectivity index (χ3n) is 4.14. The van der Waals surface area contributed by atoms with Crippen molar-refractivity contribution in [2.45, 2.75) is 20.1 Å². The molecule has 1 unspecified atom stereocenters. The molecule has 1 aromatic heterocycles. The summed E-state index contributed by atoms with van der Waals surface area (Å²) in [6, 6.07) is 16.2. The van der Waals surface area contributed by atoms with E-state index in [1.54, 1.807) is 6.92 Å². The molecule has 2 aromatic carbocycles. The van der Waals surface area contributed by atoms with Gasteiger partial charge in [0.2, 0.25) is 0 Å². The Kier molecular flexibility index (Phi) is 5.14. The fourth-order valence-electron chi connectivity index (χ4n) is 2.75.